The lowest BCUT2D eigenvalue weighted by Crippen LogP contribution is -2.58. The molecule has 21 heavy (non-hydrogen) atoms. The van der Waals surface area contributed by atoms with Crippen LogP contribution < -0.4 is 5.32 Å². The lowest BCUT2D eigenvalue weighted by atomic mass is 10.1. The number of benzene rings is 1. The monoisotopic (exact) mass is 290 g/mol. The van der Waals surface area contributed by atoms with Crippen LogP contribution in [0.2, 0.25) is 0 Å². The molecule has 5 nitrogen and oxygen atoms in total. The molecule has 1 saturated heterocycles. The zero-order chi connectivity index (χ0) is 15.2. The van der Waals surface area contributed by atoms with Crippen molar-refractivity contribution in [2.75, 3.05) is 13.1 Å². The van der Waals surface area contributed by atoms with Crippen molar-refractivity contribution in [3.63, 3.8) is 0 Å². The molecular weight excluding hydrogens is 268 g/mol. The van der Waals surface area contributed by atoms with Gasteiger partial charge in [-0.1, -0.05) is 30.3 Å². The second-order valence-corrected chi connectivity index (χ2v) is 5.49. The van der Waals surface area contributed by atoms with Crippen LogP contribution in [0.3, 0.4) is 0 Å². The van der Waals surface area contributed by atoms with Gasteiger partial charge >= 0.3 is 5.97 Å². The minimum absolute atomic E-state index is 0.0911. The molecule has 0 aromatic heterocycles. The first kappa shape index (κ1) is 15.5. The quantitative estimate of drug-likeness (QED) is 0.831. The first-order chi connectivity index (χ1) is 10.1. The van der Waals surface area contributed by atoms with Gasteiger partial charge in [-0.2, -0.15) is 0 Å². The topological polar surface area (TPSA) is 58.6 Å². The predicted molar refractivity (Wildman–Crippen MR) is 79.5 cm³/mol. The molecule has 0 bridgehead atoms. The van der Waals surface area contributed by atoms with E-state index in [1.54, 1.807) is 0 Å². The Morgan fingerprint density at radius 1 is 1.38 bits per heavy atom. The van der Waals surface area contributed by atoms with Crippen LogP contribution >= 0.6 is 0 Å². The molecule has 1 heterocycles. The smallest absolute Gasteiger partial charge is 0.308 e. The van der Waals surface area contributed by atoms with Gasteiger partial charge in [0.05, 0.1) is 12.5 Å². The van der Waals surface area contributed by atoms with Crippen molar-refractivity contribution in [1.82, 2.24) is 10.2 Å². The van der Waals surface area contributed by atoms with E-state index in [-0.39, 0.29) is 30.9 Å². The zero-order valence-corrected chi connectivity index (χ0v) is 12.5. The van der Waals surface area contributed by atoms with E-state index >= 15 is 0 Å². The highest BCUT2D eigenvalue weighted by Crippen LogP contribution is 2.14. The summed E-state index contributed by atoms with van der Waals surface area (Å²) in [6.45, 7) is 5.70. The number of esters is 1. The number of nitrogens with zero attached hydrogens (tertiary/aromatic N) is 1. The van der Waals surface area contributed by atoms with Gasteiger partial charge < -0.3 is 10.1 Å². The fourth-order valence-electron chi connectivity index (χ4n) is 2.52. The Morgan fingerprint density at radius 3 is 2.76 bits per heavy atom. The summed E-state index contributed by atoms with van der Waals surface area (Å²) in [5.41, 5.74) is 0.944. The minimum Gasteiger partial charge on any atom is -0.461 e. The number of carbonyl (C=O) groups is 2. The van der Waals surface area contributed by atoms with Crippen LogP contribution in [0.25, 0.3) is 0 Å². The van der Waals surface area contributed by atoms with Crippen molar-refractivity contribution < 1.29 is 14.3 Å². The van der Waals surface area contributed by atoms with E-state index in [1.165, 1.54) is 0 Å². The van der Waals surface area contributed by atoms with Gasteiger partial charge in [0.2, 0.25) is 5.91 Å². The molecular formula is C16H22N2O3. The SMILES string of the molecule is CC(C)N1CCNC(=O)[C@H]1CC(=O)OCc1ccccc1. The number of hydrogen-bond acceptors (Lipinski definition) is 4. The third-order valence-corrected chi connectivity index (χ3v) is 3.64. The standard InChI is InChI=1S/C16H22N2O3/c1-12(2)18-9-8-17-16(20)14(18)10-15(19)21-11-13-6-4-3-5-7-13/h3-7,12,14H,8-11H2,1-2H3,(H,17,20)/t14-/m1/s1. The number of nitrogens with one attached hydrogen (secondary N) is 1. The van der Waals surface area contributed by atoms with Gasteiger partial charge in [0.1, 0.15) is 6.61 Å². The number of rotatable bonds is 5. The van der Waals surface area contributed by atoms with E-state index in [4.69, 9.17) is 4.74 Å². The largest absolute Gasteiger partial charge is 0.461 e. The minimum atomic E-state index is -0.429. The van der Waals surface area contributed by atoms with Crippen LogP contribution in [-0.2, 0) is 20.9 Å². The lowest BCUT2D eigenvalue weighted by molar-refractivity contribution is -0.150. The van der Waals surface area contributed by atoms with Gasteiger partial charge in [0, 0.05) is 19.1 Å². The Bertz CT molecular complexity index is 488. The van der Waals surface area contributed by atoms with Gasteiger partial charge in [-0.15, -0.1) is 0 Å². The van der Waals surface area contributed by atoms with Crippen LogP contribution in [0, 0.1) is 0 Å². The number of piperazine rings is 1. The van der Waals surface area contributed by atoms with Gasteiger partial charge in [-0.05, 0) is 19.4 Å². The maximum absolute atomic E-state index is 12.0. The Hall–Kier alpha value is -1.88. The van der Waals surface area contributed by atoms with E-state index < -0.39 is 6.04 Å². The van der Waals surface area contributed by atoms with E-state index in [0.717, 1.165) is 12.1 Å². The van der Waals surface area contributed by atoms with Crippen LogP contribution in [-0.4, -0.2) is 41.9 Å². The van der Waals surface area contributed by atoms with Crippen LogP contribution in [0.5, 0.6) is 0 Å². The molecule has 0 radical (unpaired) electrons. The summed E-state index contributed by atoms with van der Waals surface area (Å²) in [6.07, 6.45) is 0.0941. The van der Waals surface area contributed by atoms with E-state index in [1.807, 2.05) is 49.1 Å². The highest BCUT2D eigenvalue weighted by atomic mass is 16.5. The van der Waals surface area contributed by atoms with Gasteiger partial charge in [-0.25, -0.2) is 0 Å². The number of ether oxygens (including phenoxy) is 1. The molecule has 1 aliphatic rings. The third-order valence-electron chi connectivity index (χ3n) is 3.64. The summed E-state index contributed by atoms with van der Waals surface area (Å²) >= 11 is 0. The maximum Gasteiger partial charge on any atom is 0.308 e. The van der Waals surface area contributed by atoms with Crippen molar-refractivity contribution in [3.8, 4) is 0 Å². The molecule has 1 N–H and O–H groups in total. The molecule has 2 rings (SSSR count). The fourth-order valence-corrected chi connectivity index (χ4v) is 2.52. The number of amides is 1. The van der Waals surface area contributed by atoms with Crippen molar-refractivity contribution in [2.45, 2.75) is 39.0 Å². The summed E-state index contributed by atoms with van der Waals surface area (Å²) in [7, 11) is 0. The average molecular weight is 290 g/mol. The molecule has 1 atom stereocenters. The molecule has 1 fully saturated rings. The first-order valence-corrected chi connectivity index (χ1v) is 7.31. The van der Waals surface area contributed by atoms with E-state index in [9.17, 15) is 9.59 Å². The highest BCUT2D eigenvalue weighted by Gasteiger charge is 2.33. The Balaban J connectivity index is 1.89. The molecule has 1 aromatic rings. The van der Waals surface area contributed by atoms with Gasteiger partial charge in [-0.3, -0.25) is 14.5 Å². The summed E-state index contributed by atoms with van der Waals surface area (Å²) < 4.78 is 5.26. The van der Waals surface area contributed by atoms with Crippen LogP contribution in [0.1, 0.15) is 25.8 Å². The lowest BCUT2D eigenvalue weighted by Gasteiger charge is -2.37. The van der Waals surface area contributed by atoms with Crippen LogP contribution in [0.15, 0.2) is 30.3 Å². The number of carbonyl (C=O) groups excluding carboxylic acids is 2. The van der Waals surface area contributed by atoms with Crippen molar-refractivity contribution in [3.05, 3.63) is 35.9 Å². The summed E-state index contributed by atoms with van der Waals surface area (Å²) in [5, 5.41) is 2.81. The Morgan fingerprint density at radius 2 is 2.10 bits per heavy atom. The average Bonchev–Trinajstić information content (AvgIpc) is 2.48. The summed E-state index contributed by atoms with van der Waals surface area (Å²) in [4.78, 5) is 26.0. The Labute approximate surface area is 125 Å². The van der Waals surface area contributed by atoms with Gasteiger partial charge in [0.15, 0.2) is 0 Å². The number of hydrogen-bond donors (Lipinski definition) is 1. The Kier molecular flexibility index (Phi) is 5.33. The molecule has 1 amide bonds. The third kappa shape index (κ3) is 4.29. The second kappa shape index (κ2) is 7.22. The molecule has 0 spiro atoms. The normalized spacial score (nSPS) is 19.4. The maximum atomic E-state index is 12.0. The van der Waals surface area contributed by atoms with Crippen LogP contribution in [0.4, 0.5) is 0 Å². The van der Waals surface area contributed by atoms with Gasteiger partial charge in [0.25, 0.3) is 0 Å². The first-order valence-electron chi connectivity index (χ1n) is 7.31. The van der Waals surface area contributed by atoms with Crippen molar-refractivity contribution in [2.24, 2.45) is 0 Å². The second-order valence-electron chi connectivity index (χ2n) is 5.49. The molecule has 114 valence electrons. The molecule has 0 saturated carbocycles. The highest BCUT2D eigenvalue weighted by molar-refractivity contribution is 5.87. The summed E-state index contributed by atoms with van der Waals surface area (Å²) in [6, 6.07) is 9.32. The van der Waals surface area contributed by atoms with E-state index in [0.29, 0.717) is 6.54 Å². The molecule has 5 heteroatoms. The molecule has 1 aromatic carbocycles. The zero-order valence-electron chi connectivity index (χ0n) is 12.5. The summed E-state index contributed by atoms with van der Waals surface area (Å²) in [5.74, 6) is -0.432. The predicted octanol–water partition coefficient (Wildman–Crippen LogP) is 1.33. The molecule has 0 aliphatic carbocycles. The van der Waals surface area contributed by atoms with Crippen molar-refractivity contribution in [1.29, 1.82) is 0 Å². The fraction of sp³-hybridized carbons (Fsp3) is 0.500. The van der Waals surface area contributed by atoms with E-state index in [2.05, 4.69) is 5.32 Å². The molecule has 0 unspecified atom stereocenters. The van der Waals surface area contributed by atoms with Crippen molar-refractivity contribution >= 4 is 11.9 Å². The molecule has 1 aliphatic heterocycles.